The molecule has 10 heteroatoms. The van der Waals surface area contributed by atoms with Crippen molar-refractivity contribution in [2.45, 2.75) is 45.2 Å². The minimum absolute atomic E-state index is 0.00202. The molecule has 35 heavy (non-hydrogen) atoms. The van der Waals surface area contributed by atoms with Gasteiger partial charge in [0.05, 0.1) is 12.7 Å². The van der Waals surface area contributed by atoms with Gasteiger partial charge in [0.15, 0.2) is 0 Å². The van der Waals surface area contributed by atoms with Crippen LogP contribution >= 0.6 is 0 Å². The Morgan fingerprint density at radius 2 is 2.00 bits per heavy atom. The van der Waals surface area contributed by atoms with E-state index in [1.807, 2.05) is 29.4 Å². The Labute approximate surface area is 201 Å². The Morgan fingerprint density at radius 3 is 2.74 bits per heavy atom. The maximum atomic E-state index is 14.0. The van der Waals surface area contributed by atoms with Gasteiger partial charge in [-0.25, -0.2) is 9.89 Å². The number of carbonyl (C=O) groups is 2. The highest BCUT2D eigenvalue weighted by atomic mass is 16.5. The number of H-pyrrole nitrogens is 1. The summed E-state index contributed by atoms with van der Waals surface area (Å²) in [5.41, 5.74) is 1.14. The lowest BCUT2D eigenvalue weighted by Crippen LogP contribution is -2.51. The maximum absolute atomic E-state index is 14.0. The summed E-state index contributed by atoms with van der Waals surface area (Å²) in [6, 6.07) is 4.72. The second-order valence-electron chi connectivity index (χ2n) is 9.70. The molecule has 1 aromatic rings. The molecule has 0 radical (unpaired) electrons. The van der Waals surface area contributed by atoms with Gasteiger partial charge >= 0.3 is 5.97 Å². The number of hydrogen-bond donors (Lipinski definition) is 1. The van der Waals surface area contributed by atoms with Crippen molar-refractivity contribution in [1.82, 2.24) is 24.2 Å². The highest BCUT2D eigenvalue weighted by Gasteiger charge is 2.40. The number of aromatic amines is 1. The lowest BCUT2D eigenvalue weighted by atomic mass is 9.82. The number of nitrogens with zero attached hydrogens (tertiary/aromatic N) is 4. The predicted molar refractivity (Wildman–Crippen MR) is 127 cm³/mol. The highest BCUT2D eigenvalue weighted by Crippen LogP contribution is 2.37. The number of aromatic nitrogens is 4. The Morgan fingerprint density at radius 1 is 1.20 bits per heavy atom. The third kappa shape index (κ3) is 3.86. The molecule has 0 aromatic carbocycles. The van der Waals surface area contributed by atoms with Crippen LogP contribution in [0.5, 0.6) is 0 Å². The van der Waals surface area contributed by atoms with Gasteiger partial charge in [0.1, 0.15) is 17.3 Å². The van der Waals surface area contributed by atoms with E-state index in [0.29, 0.717) is 19.6 Å². The first-order valence-corrected chi connectivity index (χ1v) is 12.0. The molecule has 2 bridgehead atoms. The van der Waals surface area contributed by atoms with Crippen molar-refractivity contribution in [2.75, 3.05) is 20.2 Å². The van der Waals surface area contributed by atoms with Crippen LogP contribution < -0.4 is 11.1 Å². The molecule has 5 rings (SSSR count). The first kappa shape index (κ1) is 23.1. The van der Waals surface area contributed by atoms with Crippen LogP contribution in [0, 0.1) is 11.8 Å². The number of nitrogens with one attached hydrogen (secondary N) is 1. The third-order valence-corrected chi connectivity index (χ3v) is 7.53. The van der Waals surface area contributed by atoms with E-state index in [0.717, 1.165) is 18.5 Å². The Balaban J connectivity index is 1.54. The van der Waals surface area contributed by atoms with Crippen molar-refractivity contribution >= 4 is 11.9 Å². The van der Waals surface area contributed by atoms with Crippen molar-refractivity contribution < 1.29 is 14.3 Å². The number of piperidine rings is 1. The molecular weight excluding hydrogens is 450 g/mol. The number of rotatable bonds is 5. The Hall–Kier alpha value is -3.69. The molecule has 1 aromatic heterocycles. The maximum Gasteiger partial charge on any atom is 0.341 e. The van der Waals surface area contributed by atoms with Crippen molar-refractivity contribution in [2.24, 2.45) is 11.8 Å². The van der Waals surface area contributed by atoms with E-state index >= 15 is 0 Å². The Bertz CT molecular complexity index is 1370. The molecule has 1 fully saturated rings. The molecule has 1 amide bonds. The SMILES string of the molecule is CC[C@H](C)[C@H](C(=O)N1C[C@H]2C[C@@H](C1)c1cccc(=O)n1C2)n1cc(C(=O)OC)c2n[nH]c(=O)c-2c1. The van der Waals surface area contributed by atoms with E-state index in [4.69, 9.17) is 4.74 Å². The van der Waals surface area contributed by atoms with Gasteiger partial charge in [-0.1, -0.05) is 26.3 Å². The summed E-state index contributed by atoms with van der Waals surface area (Å²) in [7, 11) is 1.27. The van der Waals surface area contributed by atoms with Crippen LogP contribution in [0.4, 0.5) is 0 Å². The van der Waals surface area contributed by atoms with Crippen LogP contribution in [0.1, 0.15) is 54.7 Å². The zero-order chi connectivity index (χ0) is 24.9. The molecular formula is C25H29N5O5. The fourth-order valence-corrected chi connectivity index (χ4v) is 5.63. The van der Waals surface area contributed by atoms with Gasteiger partial charge < -0.3 is 18.8 Å². The average Bonchev–Trinajstić information content (AvgIpc) is 3.24. The zero-order valence-electron chi connectivity index (χ0n) is 20.1. The van der Waals surface area contributed by atoms with Gasteiger partial charge in [0.2, 0.25) is 5.91 Å². The van der Waals surface area contributed by atoms with Crippen LogP contribution in [-0.2, 0) is 16.1 Å². The van der Waals surface area contributed by atoms with Crippen LogP contribution in [0.15, 0.2) is 40.2 Å². The number of likely N-dealkylation sites (tertiary alicyclic amines) is 1. The summed E-state index contributed by atoms with van der Waals surface area (Å²) in [5.74, 6) is -0.451. The predicted octanol–water partition coefficient (Wildman–Crippen LogP) is 1.86. The molecule has 4 aliphatic heterocycles. The highest BCUT2D eigenvalue weighted by molar-refractivity contribution is 5.96. The van der Waals surface area contributed by atoms with Crippen LogP contribution in [0.25, 0.3) is 11.3 Å². The summed E-state index contributed by atoms with van der Waals surface area (Å²) in [6.07, 6.45) is 4.83. The number of hydrogen-bond acceptors (Lipinski definition) is 6. The van der Waals surface area contributed by atoms with E-state index < -0.39 is 17.6 Å². The van der Waals surface area contributed by atoms with Crippen molar-refractivity contribution in [1.29, 1.82) is 0 Å². The number of methoxy groups -OCH3 is 1. The smallest absolute Gasteiger partial charge is 0.341 e. The van der Waals surface area contributed by atoms with Gasteiger partial charge in [-0.15, -0.1) is 0 Å². The molecule has 5 heterocycles. The second kappa shape index (κ2) is 8.83. The fraction of sp³-hybridized carbons (Fsp3) is 0.480. The number of amides is 1. The van der Waals surface area contributed by atoms with E-state index in [1.165, 1.54) is 7.11 Å². The number of carbonyl (C=O) groups excluding carboxylic acids is 2. The largest absolute Gasteiger partial charge is 0.465 e. The summed E-state index contributed by atoms with van der Waals surface area (Å²) >= 11 is 0. The van der Waals surface area contributed by atoms with Crippen molar-refractivity contribution in [3.8, 4) is 11.3 Å². The van der Waals surface area contributed by atoms with Gasteiger partial charge in [-0.2, -0.15) is 5.10 Å². The fourth-order valence-electron chi connectivity index (χ4n) is 5.63. The molecule has 10 nitrogen and oxygen atoms in total. The normalized spacial score (nSPS) is 20.8. The van der Waals surface area contributed by atoms with E-state index in [2.05, 4.69) is 10.2 Å². The zero-order valence-corrected chi connectivity index (χ0v) is 20.1. The standard InChI is InChI=1S/C25H29N5O5/c1-4-14(2)22(28-12-17-21(26-27-23(17)32)18(13-28)25(34)35-3)24(33)29-9-15-8-16(11-29)19-6-5-7-20(31)30(19)10-15/h5-7,12-16,22H,4,8-11H2,1-3H3,(H,27,32)/t14-,15+,16-,22+/m0/s1. The van der Waals surface area contributed by atoms with Crippen LogP contribution in [-0.4, -0.2) is 56.3 Å². The van der Waals surface area contributed by atoms with E-state index in [9.17, 15) is 19.2 Å². The number of ether oxygens (including phenoxy) is 1. The van der Waals surface area contributed by atoms with Crippen LogP contribution in [0.2, 0.25) is 0 Å². The minimum atomic E-state index is -0.624. The number of esters is 1. The molecule has 184 valence electrons. The minimum Gasteiger partial charge on any atom is -0.465 e. The van der Waals surface area contributed by atoms with Crippen LogP contribution in [0.3, 0.4) is 0 Å². The lowest BCUT2D eigenvalue weighted by Gasteiger charge is -2.44. The Kier molecular flexibility index (Phi) is 5.82. The molecule has 1 N–H and O–H groups in total. The molecule has 0 unspecified atom stereocenters. The van der Waals surface area contributed by atoms with Crippen molar-refractivity contribution in [3.63, 3.8) is 0 Å². The summed E-state index contributed by atoms with van der Waals surface area (Å²) in [4.78, 5) is 53.2. The molecule has 4 aliphatic rings. The number of fused-ring (bicyclic) bond motifs is 5. The first-order chi connectivity index (χ1) is 16.8. The molecule has 0 aliphatic carbocycles. The monoisotopic (exact) mass is 479 g/mol. The molecule has 4 atom stereocenters. The average molecular weight is 480 g/mol. The quantitative estimate of drug-likeness (QED) is 0.558. The van der Waals surface area contributed by atoms with E-state index in [-0.39, 0.29) is 46.0 Å². The topological polar surface area (TPSA) is 119 Å². The lowest BCUT2D eigenvalue weighted by molar-refractivity contribution is -0.139. The molecule has 0 spiro atoms. The third-order valence-electron chi connectivity index (χ3n) is 7.53. The summed E-state index contributed by atoms with van der Waals surface area (Å²) in [6.45, 7) is 5.69. The molecule has 0 saturated carbocycles. The number of pyridine rings is 2. The van der Waals surface area contributed by atoms with Gasteiger partial charge in [0, 0.05) is 49.7 Å². The second-order valence-corrected chi connectivity index (χ2v) is 9.70. The van der Waals surface area contributed by atoms with Gasteiger partial charge in [-0.3, -0.25) is 14.4 Å². The van der Waals surface area contributed by atoms with Gasteiger partial charge in [0.25, 0.3) is 11.1 Å². The first-order valence-electron chi connectivity index (χ1n) is 12.0. The summed E-state index contributed by atoms with van der Waals surface area (Å²) < 4.78 is 8.43. The summed E-state index contributed by atoms with van der Waals surface area (Å²) in [5, 5.41) is 6.37. The van der Waals surface area contributed by atoms with E-state index in [1.54, 1.807) is 29.1 Å². The molecule has 1 saturated heterocycles. The van der Waals surface area contributed by atoms with Gasteiger partial charge in [-0.05, 0) is 24.3 Å². The van der Waals surface area contributed by atoms with Crippen molar-refractivity contribution in [3.05, 3.63) is 62.6 Å².